The van der Waals surface area contributed by atoms with Gasteiger partial charge in [0, 0.05) is 41.3 Å². The van der Waals surface area contributed by atoms with Gasteiger partial charge < -0.3 is 9.47 Å². The molecule has 0 amide bonds. The molecule has 0 spiro atoms. The highest BCUT2D eigenvalue weighted by Crippen LogP contribution is 2.36. The highest BCUT2D eigenvalue weighted by atomic mass is 15.1. The Labute approximate surface area is 364 Å². The van der Waals surface area contributed by atoms with Crippen molar-refractivity contribution >= 4 is 49.4 Å². The van der Waals surface area contributed by atoms with Crippen molar-refractivity contribution in [1.82, 2.24) is 4.57 Å². The Morgan fingerprint density at radius 2 is 0.887 bits per heavy atom. The molecule has 11 rings (SSSR count). The Morgan fingerprint density at radius 1 is 0.387 bits per heavy atom. The molecule has 2 heteroatoms. The first-order valence-electron chi connectivity index (χ1n) is 21.4. The van der Waals surface area contributed by atoms with Gasteiger partial charge in [0.25, 0.3) is 0 Å². The first kappa shape index (κ1) is 38.3. The van der Waals surface area contributed by atoms with E-state index in [1.807, 2.05) is 0 Å². The predicted molar refractivity (Wildman–Crippen MR) is 266 cm³/mol. The minimum absolute atomic E-state index is 0.818. The zero-order valence-corrected chi connectivity index (χ0v) is 34.8. The fraction of sp³-hybridized carbons (Fsp3) is 0.0333. The zero-order chi connectivity index (χ0) is 41.7. The van der Waals surface area contributed by atoms with Crippen LogP contribution in [-0.4, -0.2) is 11.6 Å². The minimum Gasteiger partial charge on any atom is -0.348 e. The van der Waals surface area contributed by atoms with Gasteiger partial charge in [0.05, 0.1) is 11.0 Å². The van der Waals surface area contributed by atoms with E-state index in [0.717, 1.165) is 6.42 Å². The molecular formula is C60H46N2. The minimum atomic E-state index is 0.818. The third-order valence-electron chi connectivity index (χ3n) is 12.0. The smallest absolute Gasteiger partial charge is 0.0541 e. The fourth-order valence-corrected chi connectivity index (χ4v) is 8.74. The maximum atomic E-state index is 2.38. The predicted octanol–water partition coefficient (Wildman–Crippen LogP) is 15.8. The van der Waals surface area contributed by atoms with Crippen LogP contribution in [0.4, 0.5) is 5.69 Å². The highest BCUT2D eigenvalue weighted by molar-refractivity contribution is 6.09. The molecule has 10 aromatic rings. The monoisotopic (exact) mass is 794 g/mol. The molecule has 0 unspecified atom stereocenters. The van der Waals surface area contributed by atoms with Crippen molar-refractivity contribution in [3.63, 3.8) is 0 Å². The first-order valence-corrected chi connectivity index (χ1v) is 21.4. The number of benzene rings is 9. The average molecular weight is 795 g/mol. The number of anilines is 1. The Morgan fingerprint density at radius 3 is 1.53 bits per heavy atom. The molecule has 0 saturated heterocycles. The Balaban J connectivity index is 0.000000239. The van der Waals surface area contributed by atoms with Gasteiger partial charge in [0.2, 0.25) is 0 Å². The van der Waals surface area contributed by atoms with Gasteiger partial charge in [-0.25, -0.2) is 0 Å². The highest BCUT2D eigenvalue weighted by Gasteiger charge is 2.17. The number of nitrogens with zero attached hydrogens (tertiary/aromatic N) is 2. The Bertz CT molecular complexity index is 3170. The van der Waals surface area contributed by atoms with Crippen LogP contribution in [0.15, 0.2) is 254 Å². The molecule has 1 aliphatic rings. The van der Waals surface area contributed by atoms with Crippen molar-refractivity contribution in [3.8, 4) is 27.9 Å². The molecule has 2 nitrogen and oxygen atoms in total. The van der Waals surface area contributed by atoms with Gasteiger partial charge in [0.1, 0.15) is 0 Å². The summed E-state index contributed by atoms with van der Waals surface area (Å²) in [4.78, 5) is 2.33. The first-order chi connectivity index (χ1) is 30.7. The van der Waals surface area contributed by atoms with Crippen LogP contribution in [0.25, 0.3) is 71.7 Å². The van der Waals surface area contributed by atoms with Gasteiger partial charge in [-0.2, -0.15) is 0 Å². The maximum Gasteiger partial charge on any atom is 0.0541 e. The summed E-state index contributed by atoms with van der Waals surface area (Å²) in [6, 6.07) is 82.0. The summed E-state index contributed by atoms with van der Waals surface area (Å²) in [6.07, 6.45) is 7.73. The van der Waals surface area contributed by atoms with E-state index in [0.29, 0.717) is 0 Å². The molecule has 0 N–H and O–H groups in total. The summed E-state index contributed by atoms with van der Waals surface area (Å²) >= 11 is 0. The number of para-hydroxylation sites is 2. The summed E-state index contributed by atoms with van der Waals surface area (Å²) in [5.41, 5.74) is 16.0. The lowest BCUT2D eigenvalue weighted by molar-refractivity contribution is 1.04. The molecule has 0 bridgehead atoms. The van der Waals surface area contributed by atoms with Crippen LogP contribution in [0.1, 0.15) is 17.5 Å². The van der Waals surface area contributed by atoms with Crippen LogP contribution in [0.3, 0.4) is 0 Å². The number of rotatable bonds is 7. The number of fused-ring (bicyclic) bond motifs is 4. The fourth-order valence-electron chi connectivity index (χ4n) is 8.74. The van der Waals surface area contributed by atoms with E-state index < -0.39 is 0 Å². The van der Waals surface area contributed by atoms with Crippen molar-refractivity contribution in [2.24, 2.45) is 0 Å². The molecule has 0 saturated carbocycles. The van der Waals surface area contributed by atoms with Gasteiger partial charge in [-0.1, -0.05) is 206 Å². The lowest BCUT2D eigenvalue weighted by Gasteiger charge is -2.24. The van der Waals surface area contributed by atoms with Crippen LogP contribution in [-0.2, 0) is 0 Å². The summed E-state index contributed by atoms with van der Waals surface area (Å²) in [7, 11) is 2.18. The van der Waals surface area contributed by atoms with E-state index in [1.165, 1.54) is 94.2 Å². The number of allylic oxidation sites excluding steroid dienone is 5. The third kappa shape index (κ3) is 7.78. The van der Waals surface area contributed by atoms with Gasteiger partial charge in [-0.05, 0) is 97.8 Å². The maximum absolute atomic E-state index is 2.38. The summed E-state index contributed by atoms with van der Waals surface area (Å²) in [6.45, 7) is 0. The van der Waals surface area contributed by atoms with E-state index in [-0.39, 0.29) is 0 Å². The largest absolute Gasteiger partial charge is 0.348 e. The standard InChI is InChI=1S/C44H34N2.C16H12/c1-45(38-26-22-34(23-27-38)32-12-4-2-5-13-32)40-30-36(33-14-6-3-7-15-33)20-21-37(31-40)35-24-28-39(29-25-35)46-43-18-10-8-16-41(43)42-17-9-11-19-44(42)46;1-2-7-13(8-3-1)16-12-6-10-14-9-4-5-11-15(14)16/h2-30H,31H2,1H3;1-12H. The summed E-state index contributed by atoms with van der Waals surface area (Å²) in [5.74, 6) is 0. The van der Waals surface area contributed by atoms with Crippen molar-refractivity contribution in [2.45, 2.75) is 6.42 Å². The van der Waals surface area contributed by atoms with Crippen LogP contribution in [0.5, 0.6) is 0 Å². The van der Waals surface area contributed by atoms with Crippen LogP contribution >= 0.6 is 0 Å². The lowest BCUT2D eigenvalue weighted by Crippen LogP contribution is -2.17. The second-order valence-electron chi connectivity index (χ2n) is 15.8. The van der Waals surface area contributed by atoms with Gasteiger partial charge in [0.15, 0.2) is 0 Å². The molecule has 1 heterocycles. The molecule has 0 radical (unpaired) electrons. The second kappa shape index (κ2) is 17.3. The molecule has 0 aliphatic heterocycles. The Hall–Kier alpha value is -7.94. The van der Waals surface area contributed by atoms with Crippen molar-refractivity contribution in [1.29, 1.82) is 0 Å². The Kier molecular flexibility index (Phi) is 10.7. The van der Waals surface area contributed by atoms with Crippen molar-refractivity contribution < 1.29 is 0 Å². The average Bonchev–Trinajstić information content (AvgIpc) is 3.52. The molecule has 9 aromatic carbocycles. The van der Waals surface area contributed by atoms with Crippen molar-refractivity contribution in [2.75, 3.05) is 11.9 Å². The van der Waals surface area contributed by atoms with Crippen LogP contribution in [0.2, 0.25) is 0 Å². The van der Waals surface area contributed by atoms with E-state index in [4.69, 9.17) is 0 Å². The third-order valence-corrected chi connectivity index (χ3v) is 12.0. The van der Waals surface area contributed by atoms with Gasteiger partial charge >= 0.3 is 0 Å². The van der Waals surface area contributed by atoms with Gasteiger partial charge in [-0.15, -0.1) is 0 Å². The molecule has 296 valence electrons. The SMILES string of the molecule is CN(C1=CC(c2ccccc2)=CC=C(c2ccc(-n3c4ccccc4c4ccccc43)cc2)C1)c1ccc(-c2ccccc2)cc1.c1ccc(-c2cccc3ccccc23)cc1. The van der Waals surface area contributed by atoms with E-state index in [1.54, 1.807) is 0 Å². The quantitative estimate of drug-likeness (QED) is 0.156. The van der Waals surface area contributed by atoms with Crippen molar-refractivity contribution in [3.05, 3.63) is 266 Å². The van der Waals surface area contributed by atoms with Crippen LogP contribution < -0.4 is 4.90 Å². The topological polar surface area (TPSA) is 8.17 Å². The lowest BCUT2D eigenvalue weighted by atomic mass is 9.98. The molecule has 62 heavy (non-hydrogen) atoms. The van der Waals surface area contributed by atoms with Gasteiger partial charge in [-0.3, -0.25) is 0 Å². The van der Waals surface area contributed by atoms with E-state index >= 15 is 0 Å². The summed E-state index contributed by atoms with van der Waals surface area (Å²) < 4.78 is 2.38. The molecule has 1 aliphatic carbocycles. The number of hydrogen-bond donors (Lipinski definition) is 0. The number of hydrogen-bond acceptors (Lipinski definition) is 1. The second-order valence-corrected chi connectivity index (χ2v) is 15.8. The summed E-state index contributed by atoms with van der Waals surface area (Å²) in [5, 5.41) is 5.17. The molecule has 0 fully saturated rings. The zero-order valence-electron chi connectivity index (χ0n) is 34.8. The molecular weight excluding hydrogens is 749 g/mol. The number of aromatic nitrogens is 1. The van der Waals surface area contributed by atoms with E-state index in [2.05, 4.69) is 265 Å². The molecule has 0 atom stereocenters. The van der Waals surface area contributed by atoms with Crippen LogP contribution in [0, 0.1) is 0 Å². The normalized spacial score (nSPS) is 12.5. The molecule has 1 aromatic heterocycles. The van der Waals surface area contributed by atoms with E-state index in [9.17, 15) is 0 Å².